The second-order valence-electron chi connectivity index (χ2n) is 9.64. The first kappa shape index (κ1) is 17.5. The van der Waals surface area contributed by atoms with Crippen molar-refractivity contribution in [1.29, 1.82) is 0 Å². The number of carbonyl (C=O) groups is 1. The molecule has 0 radical (unpaired) electrons. The molecule has 3 saturated heterocycles. The van der Waals surface area contributed by atoms with Crippen molar-refractivity contribution >= 4 is 5.97 Å². The van der Waals surface area contributed by atoms with Gasteiger partial charge in [0, 0.05) is 17.9 Å². The lowest BCUT2D eigenvalue weighted by Crippen LogP contribution is -2.72. The molecule has 2 aliphatic carbocycles. The second kappa shape index (κ2) is 5.61. The topological polar surface area (TPSA) is 70.4 Å². The van der Waals surface area contributed by atoms with Crippen molar-refractivity contribution in [3.8, 4) is 0 Å². The Morgan fingerprint density at radius 2 is 2.18 bits per heavy atom. The molecule has 0 unspecified atom stereocenters. The van der Waals surface area contributed by atoms with Crippen LogP contribution in [0.15, 0.2) is 23.0 Å². The minimum absolute atomic E-state index is 0.00901. The van der Waals surface area contributed by atoms with E-state index >= 15 is 0 Å². The smallest absolute Gasteiger partial charge is 0.302 e. The van der Waals surface area contributed by atoms with Crippen molar-refractivity contribution < 1.29 is 28.2 Å². The molecule has 4 heterocycles. The highest BCUT2D eigenvalue weighted by Gasteiger charge is 2.79. The summed E-state index contributed by atoms with van der Waals surface area (Å²) in [6.45, 7) is 5.11. The van der Waals surface area contributed by atoms with E-state index in [0.717, 1.165) is 44.3 Å². The number of carbonyl (C=O) groups excluding carboxylic acids is 1. The van der Waals surface area contributed by atoms with Crippen LogP contribution in [0.4, 0.5) is 0 Å². The maximum Gasteiger partial charge on any atom is 0.302 e. The molecule has 0 N–H and O–H groups in total. The van der Waals surface area contributed by atoms with E-state index in [9.17, 15) is 4.79 Å². The van der Waals surface area contributed by atoms with Gasteiger partial charge in [-0.25, -0.2) is 0 Å². The Bertz CT molecular complexity index is 785. The molecular formula is C22H28O6. The Morgan fingerprint density at radius 3 is 2.89 bits per heavy atom. The van der Waals surface area contributed by atoms with Gasteiger partial charge in [0.2, 0.25) is 0 Å². The molecule has 3 aliphatic heterocycles. The first-order chi connectivity index (χ1) is 13.5. The van der Waals surface area contributed by atoms with Gasteiger partial charge in [0.1, 0.15) is 11.7 Å². The van der Waals surface area contributed by atoms with E-state index in [0.29, 0.717) is 18.4 Å². The summed E-state index contributed by atoms with van der Waals surface area (Å²) in [5.41, 5.74) is 0.563. The fourth-order valence-corrected chi connectivity index (χ4v) is 7.48. The molecule has 0 amide bonds. The molecule has 6 rings (SSSR count). The summed E-state index contributed by atoms with van der Waals surface area (Å²) in [6, 6.07) is 1.99. The fraction of sp³-hybridized carbons (Fsp3) is 0.773. The normalized spacial score (nSPS) is 51.4. The van der Waals surface area contributed by atoms with E-state index in [4.69, 9.17) is 23.4 Å². The number of hydrogen-bond acceptors (Lipinski definition) is 6. The molecule has 1 aromatic rings. The van der Waals surface area contributed by atoms with Gasteiger partial charge >= 0.3 is 5.97 Å². The molecular weight excluding hydrogens is 360 g/mol. The number of furan rings is 1. The van der Waals surface area contributed by atoms with Crippen molar-refractivity contribution in [3.05, 3.63) is 24.2 Å². The Balaban J connectivity index is 1.46. The van der Waals surface area contributed by atoms with Gasteiger partial charge < -0.3 is 23.4 Å². The summed E-state index contributed by atoms with van der Waals surface area (Å²) in [5, 5.41) is 0. The quantitative estimate of drug-likeness (QED) is 0.569. The molecule has 1 aromatic heterocycles. The maximum absolute atomic E-state index is 12.0. The van der Waals surface area contributed by atoms with Gasteiger partial charge in [-0.3, -0.25) is 4.79 Å². The second-order valence-corrected chi connectivity index (χ2v) is 9.64. The zero-order valence-corrected chi connectivity index (χ0v) is 16.5. The van der Waals surface area contributed by atoms with Crippen LogP contribution in [0.5, 0.6) is 0 Å². The number of epoxide rings is 1. The van der Waals surface area contributed by atoms with Gasteiger partial charge in [0.25, 0.3) is 0 Å². The molecule has 28 heavy (non-hydrogen) atoms. The summed E-state index contributed by atoms with van der Waals surface area (Å²) >= 11 is 0. The average Bonchev–Trinajstić information content (AvgIpc) is 3.09. The minimum atomic E-state index is -0.255. The molecule has 2 spiro atoms. The molecule has 2 bridgehead atoms. The Kier molecular flexibility index (Phi) is 3.51. The van der Waals surface area contributed by atoms with Gasteiger partial charge in [0.05, 0.1) is 37.3 Å². The molecule has 6 nitrogen and oxygen atoms in total. The van der Waals surface area contributed by atoms with Crippen LogP contribution in [0.2, 0.25) is 0 Å². The lowest BCUT2D eigenvalue weighted by molar-refractivity contribution is -0.332. The lowest BCUT2D eigenvalue weighted by Gasteiger charge is -2.66. The molecule has 8 atom stereocenters. The van der Waals surface area contributed by atoms with Crippen LogP contribution < -0.4 is 0 Å². The third-order valence-electron chi connectivity index (χ3n) is 8.71. The third kappa shape index (κ3) is 1.97. The van der Waals surface area contributed by atoms with Crippen LogP contribution in [-0.2, 0) is 23.7 Å². The van der Waals surface area contributed by atoms with Crippen molar-refractivity contribution in [2.75, 3.05) is 13.2 Å². The van der Waals surface area contributed by atoms with E-state index < -0.39 is 0 Å². The largest absolute Gasteiger partial charge is 0.472 e. The monoisotopic (exact) mass is 388 g/mol. The third-order valence-corrected chi connectivity index (χ3v) is 8.71. The number of rotatable bonds is 2. The summed E-state index contributed by atoms with van der Waals surface area (Å²) in [6.07, 6.45) is 8.20. The van der Waals surface area contributed by atoms with Gasteiger partial charge in [-0.1, -0.05) is 13.3 Å². The highest BCUT2D eigenvalue weighted by Crippen LogP contribution is 2.74. The molecule has 0 aromatic carbocycles. The van der Waals surface area contributed by atoms with Crippen molar-refractivity contribution in [2.45, 2.75) is 70.1 Å². The zero-order chi connectivity index (χ0) is 19.1. The van der Waals surface area contributed by atoms with E-state index in [-0.39, 0.29) is 40.9 Å². The standard InChI is InChI=1S/C22H28O6/c1-13-8-18(27-14(2)23)22-12-25-19-21(13,9-16(28-19)15-5-7-24-10-15)17(22)4-3-6-20(22)11-26-20/h5,7,10,13,16-19H,3-4,6,8-9,11-12H2,1-2H3/t13-,16+,17-,18+,19+,20+,21-,22+/m1/s1. The van der Waals surface area contributed by atoms with Gasteiger partial charge in [-0.15, -0.1) is 0 Å². The highest BCUT2D eigenvalue weighted by atomic mass is 16.7. The molecule has 6 heteroatoms. The first-order valence-electron chi connectivity index (χ1n) is 10.6. The summed E-state index contributed by atoms with van der Waals surface area (Å²) in [5.74, 6) is 0.509. The van der Waals surface area contributed by atoms with E-state index in [1.165, 1.54) is 6.92 Å². The molecule has 5 aliphatic rings. The zero-order valence-electron chi connectivity index (χ0n) is 16.5. The minimum Gasteiger partial charge on any atom is -0.472 e. The van der Waals surface area contributed by atoms with Crippen LogP contribution in [0, 0.1) is 22.7 Å². The summed E-state index contributed by atoms with van der Waals surface area (Å²) in [7, 11) is 0. The van der Waals surface area contributed by atoms with Gasteiger partial charge in [-0.2, -0.15) is 0 Å². The maximum atomic E-state index is 12.0. The van der Waals surface area contributed by atoms with Gasteiger partial charge in [-0.05, 0) is 43.6 Å². The van der Waals surface area contributed by atoms with Crippen molar-refractivity contribution in [2.24, 2.45) is 22.7 Å². The lowest BCUT2D eigenvalue weighted by atomic mass is 9.41. The van der Waals surface area contributed by atoms with Crippen molar-refractivity contribution in [3.63, 3.8) is 0 Å². The fourth-order valence-electron chi connectivity index (χ4n) is 7.48. The Labute approximate surface area is 164 Å². The van der Waals surface area contributed by atoms with E-state index in [2.05, 4.69) is 6.92 Å². The number of esters is 1. The predicted octanol–water partition coefficient (Wildman–Crippen LogP) is 3.61. The van der Waals surface area contributed by atoms with Crippen LogP contribution in [0.3, 0.4) is 0 Å². The Hall–Kier alpha value is -1.37. The van der Waals surface area contributed by atoms with Crippen LogP contribution >= 0.6 is 0 Å². The SMILES string of the molecule is CC(=O)O[C@H]1C[C@@H](C)[C@@]23C[C@@H](c4ccoc4)O[C@@H]2OC[C@]12[C@@H]3CCC[C@]21CO1. The van der Waals surface area contributed by atoms with Crippen LogP contribution in [0.25, 0.3) is 0 Å². The summed E-state index contributed by atoms with van der Waals surface area (Å²) in [4.78, 5) is 12.0. The molecule has 5 fully saturated rings. The molecule has 152 valence electrons. The van der Waals surface area contributed by atoms with Gasteiger partial charge in [0.15, 0.2) is 6.29 Å². The van der Waals surface area contributed by atoms with Crippen LogP contribution in [-0.4, -0.2) is 37.2 Å². The number of hydrogen-bond donors (Lipinski definition) is 0. The van der Waals surface area contributed by atoms with E-state index in [1.54, 1.807) is 12.5 Å². The highest BCUT2D eigenvalue weighted by molar-refractivity contribution is 5.66. The van der Waals surface area contributed by atoms with Crippen LogP contribution in [0.1, 0.15) is 57.6 Å². The van der Waals surface area contributed by atoms with Crippen molar-refractivity contribution in [1.82, 2.24) is 0 Å². The summed E-state index contributed by atoms with van der Waals surface area (Å²) < 4.78 is 30.4. The molecule has 2 saturated carbocycles. The van der Waals surface area contributed by atoms with E-state index in [1.807, 2.05) is 6.07 Å². The Morgan fingerprint density at radius 1 is 1.32 bits per heavy atom. The number of ether oxygens (including phenoxy) is 4. The first-order valence-corrected chi connectivity index (χ1v) is 10.6. The average molecular weight is 388 g/mol. The predicted molar refractivity (Wildman–Crippen MR) is 97.1 cm³/mol.